The second-order valence-corrected chi connectivity index (χ2v) is 4.18. The van der Waals surface area contributed by atoms with Gasteiger partial charge in [0.05, 0.1) is 12.7 Å². The quantitative estimate of drug-likeness (QED) is 0.835. The van der Waals surface area contributed by atoms with Gasteiger partial charge in [-0.15, -0.1) is 0 Å². The smallest absolute Gasteiger partial charge is 0.335 e. The van der Waals surface area contributed by atoms with Gasteiger partial charge in [-0.05, 0) is 18.2 Å². The summed E-state index contributed by atoms with van der Waals surface area (Å²) in [6.07, 6.45) is 0. The highest BCUT2D eigenvalue weighted by molar-refractivity contribution is 5.88. The van der Waals surface area contributed by atoms with Gasteiger partial charge >= 0.3 is 5.97 Å². The maximum atomic E-state index is 10.9. The van der Waals surface area contributed by atoms with Crippen LogP contribution in [0.25, 0.3) is 0 Å². The monoisotopic (exact) mass is 293 g/mol. The average molecular weight is 293 g/mol. The van der Waals surface area contributed by atoms with Crippen molar-refractivity contribution in [1.82, 2.24) is 5.16 Å². The van der Waals surface area contributed by atoms with Gasteiger partial charge in [-0.25, -0.2) is 4.79 Å². The third-order valence-electron chi connectivity index (χ3n) is 2.68. The number of carboxylic acids is 1. The summed E-state index contributed by atoms with van der Waals surface area (Å²) in [5.74, 6) is 0.346. The molecule has 1 heterocycles. The van der Waals surface area contributed by atoms with Gasteiger partial charge in [0.15, 0.2) is 17.3 Å². The zero-order chi connectivity index (χ0) is 15.2. The van der Waals surface area contributed by atoms with E-state index in [1.165, 1.54) is 19.2 Å². The standard InChI is InChI=1S/C14H15NO6/c1-18-8-11-6-10(15-21-11)7-20-12-4-3-9(14(16)17)5-13(12)19-2/h3-6H,7-8H2,1-2H3,(H,16,17). The topological polar surface area (TPSA) is 91.0 Å². The van der Waals surface area contributed by atoms with Crippen LogP contribution in [0.3, 0.4) is 0 Å². The third-order valence-corrected chi connectivity index (χ3v) is 2.68. The van der Waals surface area contributed by atoms with Crippen molar-refractivity contribution < 1.29 is 28.6 Å². The van der Waals surface area contributed by atoms with Crippen LogP contribution >= 0.6 is 0 Å². The molecule has 0 aliphatic carbocycles. The minimum absolute atomic E-state index is 0.128. The number of aromatic nitrogens is 1. The molecule has 21 heavy (non-hydrogen) atoms. The van der Waals surface area contributed by atoms with E-state index >= 15 is 0 Å². The van der Waals surface area contributed by atoms with Crippen LogP contribution in [0.2, 0.25) is 0 Å². The van der Waals surface area contributed by atoms with E-state index in [0.717, 1.165) is 0 Å². The number of nitrogens with zero attached hydrogens (tertiary/aromatic N) is 1. The Morgan fingerprint density at radius 1 is 1.24 bits per heavy atom. The molecule has 1 N–H and O–H groups in total. The number of carbonyl (C=O) groups is 1. The SMILES string of the molecule is COCc1cc(COc2ccc(C(=O)O)cc2OC)no1. The number of aromatic carboxylic acids is 1. The van der Waals surface area contributed by atoms with Gasteiger partial charge in [0.1, 0.15) is 18.9 Å². The molecular weight excluding hydrogens is 278 g/mol. The lowest BCUT2D eigenvalue weighted by atomic mass is 10.2. The molecule has 7 heteroatoms. The first-order valence-electron chi connectivity index (χ1n) is 6.11. The molecule has 0 fully saturated rings. The Morgan fingerprint density at radius 2 is 2.05 bits per heavy atom. The van der Waals surface area contributed by atoms with Crippen molar-refractivity contribution >= 4 is 5.97 Å². The lowest BCUT2D eigenvalue weighted by Crippen LogP contribution is -2.01. The molecule has 0 atom stereocenters. The van der Waals surface area contributed by atoms with Crippen molar-refractivity contribution in [3.8, 4) is 11.5 Å². The van der Waals surface area contributed by atoms with E-state index in [4.69, 9.17) is 23.8 Å². The van der Waals surface area contributed by atoms with Gasteiger partial charge in [0.2, 0.25) is 0 Å². The Kier molecular flexibility index (Phi) is 4.78. The summed E-state index contributed by atoms with van der Waals surface area (Å²) in [4.78, 5) is 10.9. The van der Waals surface area contributed by atoms with E-state index in [1.807, 2.05) is 0 Å². The summed E-state index contributed by atoms with van der Waals surface area (Å²) in [7, 11) is 3.01. The normalized spacial score (nSPS) is 10.4. The molecule has 7 nitrogen and oxygen atoms in total. The van der Waals surface area contributed by atoms with Gasteiger partial charge in [-0.3, -0.25) is 0 Å². The van der Waals surface area contributed by atoms with Crippen LogP contribution in [-0.2, 0) is 18.0 Å². The maximum Gasteiger partial charge on any atom is 0.335 e. The molecule has 0 bridgehead atoms. The number of rotatable bonds is 7. The Hall–Kier alpha value is -2.54. The van der Waals surface area contributed by atoms with Crippen LogP contribution in [0.5, 0.6) is 11.5 Å². The zero-order valence-corrected chi connectivity index (χ0v) is 11.7. The number of ether oxygens (including phenoxy) is 3. The molecule has 0 saturated heterocycles. The second kappa shape index (κ2) is 6.76. The molecule has 2 aromatic rings. The van der Waals surface area contributed by atoms with Crippen LogP contribution in [0.4, 0.5) is 0 Å². The molecule has 0 aliphatic heterocycles. The molecule has 0 unspecified atom stereocenters. The Labute approximate surface area is 121 Å². The lowest BCUT2D eigenvalue weighted by Gasteiger charge is -2.10. The first-order chi connectivity index (χ1) is 10.1. The fourth-order valence-electron chi connectivity index (χ4n) is 1.71. The van der Waals surface area contributed by atoms with Gasteiger partial charge in [0, 0.05) is 13.2 Å². The van der Waals surface area contributed by atoms with Gasteiger partial charge in [-0.1, -0.05) is 5.16 Å². The molecular formula is C14H15NO6. The summed E-state index contributed by atoms with van der Waals surface area (Å²) in [5.41, 5.74) is 0.731. The Bertz CT molecular complexity index is 622. The van der Waals surface area contributed by atoms with E-state index in [1.54, 1.807) is 19.2 Å². The van der Waals surface area contributed by atoms with Crippen LogP contribution in [0, 0.1) is 0 Å². The number of carboxylic acid groups (broad SMARTS) is 1. The molecule has 0 amide bonds. The first-order valence-corrected chi connectivity index (χ1v) is 6.11. The molecule has 1 aromatic carbocycles. The van der Waals surface area contributed by atoms with Crippen molar-refractivity contribution in [3.05, 3.63) is 41.3 Å². The molecule has 2 rings (SSSR count). The van der Waals surface area contributed by atoms with E-state index < -0.39 is 5.97 Å². The summed E-state index contributed by atoms with van der Waals surface area (Å²) in [6.45, 7) is 0.514. The first kappa shape index (κ1) is 14.9. The van der Waals surface area contributed by atoms with Crippen LogP contribution in [-0.4, -0.2) is 30.5 Å². The van der Waals surface area contributed by atoms with Crippen molar-refractivity contribution in [1.29, 1.82) is 0 Å². The number of hydrogen-bond donors (Lipinski definition) is 1. The predicted molar refractivity (Wildman–Crippen MR) is 71.5 cm³/mol. The molecule has 1 aromatic heterocycles. The summed E-state index contributed by atoms with van der Waals surface area (Å²) in [6, 6.07) is 6.11. The molecule has 0 radical (unpaired) electrons. The fraction of sp³-hybridized carbons (Fsp3) is 0.286. The lowest BCUT2D eigenvalue weighted by molar-refractivity contribution is 0.0696. The van der Waals surface area contributed by atoms with Crippen LogP contribution in [0.1, 0.15) is 21.8 Å². The van der Waals surface area contributed by atoms with Gasteiger partial charge < -0.3 is 23.8 Å². The summed E-state index contributed by atoms with van der Waals surface area (Å²) in [5, 5.41) is 12.8. The van der Waals surface area contributed by atoms with E-state index in [9.17, 15) is 4.79 Å². The molecule has 0 spiro atoms. The molecule has 0 aliphatic rings. The maximum absolute atomic E-state index is 10.9. The summed E-state index contributed by atoms with van der Waals surface area (Å²) >= 11 is 0. The van der Waals surface area contributed by atoms with Crippen LogP contribution in [0.15, 0.2) is 28.8 Å². The van der Waals surface area contributed by atoms with E-state index in [-0.39, 0.29) is 12.2 Å². The average Bonchev–Trinajstić information content (AvgIpc) is 2.93. The number of hydrogen-bond acceptors (Lipinski definition) is 6. The Morgan fingerprint density at radius 3 is 2.71 bits per heavy atom. The van der Waals surface area contributed by atoms with Gasteiger partial charge in [0.25, 0.3) is 0 Å². The Balaban J connectivity index is 2.06. The molecule has 0 saturated carbocycles. The number of methoxy groups -OCH3 is 2. The van der Waals surface area contributed by atoms with Crippen molar-refractivity contribution in [2.45, 2.75) is 13.2 Å². The highest BCUT2D eigenvalue weighted by Crippen LogP contribution is 2.28. The highest BCUT2D eigenvalue weighted by atomic mass is 16.5. The summed E-state index contributed by atoms with van der Waals surface area (Å²) < 4.78 is 20.6. The van der Waals surface area contributed by atoms with Crippen molar-refractivity contribution in [3.63, 3.8) is 0 Å². The van der Waals surface area contributed by atoms with Crippen LogP contribution < -0.4 is 9.47 Å². The fourth-order valence-corrected chi connectivity index (χ4v) is 1.71. The molecule has 112 valence electrons. The van der Waals surface area contributed by atoms with E-state index in [2.05, 4.69) is 5.16 Å². The van der Waals surface area contributed by atoms with Gasteiger partial charge in [-0.2, -0.15) is 0 Å². The van der Waals surface area contributed by atoms with Crippen molar-refractivity contribution in [2.75, 3.05) is 14.2 Å². The highest BCUT2D eigenvalue weighted by Gasteiger charge is 2.11. The van der Waals surface area contributed by atoms with E-state index in [0.29, 0.717) is 29.6 Å². The van der Waals surface area contributed by atoms with Crippen molar-refractivity contribution in [2.24, 2.45) is 0 Å². The second-order valence-electron chi connectivity index (χ2n) is 4.18. The minimum atomic E-state index is -1.03. The number of benzene rings is 1. The third kappa shape index (κ3) is 3.73. The largest absolute Gasteiger partial charge is 0.493 e. The zero-order valence-electron chi connectivity index (χ0n) is 11.7. The minimum Gasteiger partial charge on any atom is -0.493 e. The predicted octanol–water partition coefficient (Wildman–Crippen LogP) is 2.11.